The predicted octanol–water partition coefficient (Wildman–Crippen LogP) is 0.764. The van der Waals surface area contributed by atoms with E-state index in [0.717, 1.165) is 16.7 Å². The number of hydrogen-bond acceptors (Lipinski definition) is 3. The van der Waals surface area contributed by atoms with Gasteiger partial charge in [0.15, 0.2) is 0 Å². The molecule has 0 fully saturated rings. The third-order valence-corrected chi connectivity index (χ3v) is 3.78. The quantitative estimate of drug-likeness (QED) is 0.564. The Morgan fingerprint density at radius 1 is 1.14 bits per heavy atom. The van der Waals surface area contributed by atoms with Gasteiger partial charge in [-0.2, -0.15) is 4.83 Å². The molecule has 0 spiro atoms. The molecule has 0 atom stereocenters. The van der Waals surface area contributed by atoms with Crippen LogP contribution < -0.4 is 10.7 Å². The molecule has 0 aliphatic rings. The maximum atomic E-state index is 11.4. The molecular weight excluding hydrogens is 200 g/mol. The van der Waals surface area contributed by atoms with Crippen LogP contribution in [-0.2, 0) is 10.0 Å². The van der Waals surface area contributed by atoms with Crippen LogP contribution in [0, 0.1) is 20.8 Å². The average Bonchev–Trinajstić information content (AvgIpc) is 2.14. The molecule has 0 heterocycles. The fourth-order valence-corrected chi connectivity index (χ4v) is 2.22. The molecule has 0 bridgehead atoms. The second-order valence-electron chi connectivity index (χ2n) is 3.25. The van der Waals surface area contributed by atoms with Crippen LogP contribution in [0.4, 0.5) is 0 Å². The highest BCUT2D eigenvalue weighted by atomic mass is 32.2. The van der Waals surface area contributed by atoms with Gasteiger partial charge < -0.3 is 0 Å². The molecule has 14 heavy (non-hydrogen) atoms. The van der Waals surface area contributed by atoms with Crippen LogP contribution in [-0.4, -0.2) is 8.42 Å². The summed E-state index contributed by atoms with van der Waals surface area (Å²) in [6.07, 6.45) is 0. The van der Waals surface area contributed by atoms with Crippen LogP contribution >= 0.6 is 0 Å². The van der Waals surface area contributed by atoms with E-state index in [1.165, 1.54) is 0 Å². The molecule has 0 aliphatic heterocycles. The minimum Gasteiger partial charge on any atom is -0.257 e. The second-order valence-corrected chi connectivity index (χ2v) is 4.93. The van der Waals surface area contributed by atoms with Crippen molar-refractivity contribution in [3.05, 3.63) is 28.8 Å². The Morgan fingerprint density at radius 2 is 1.71 bits per heavy atom. The normalized spacial score (nSPS) is 11.7. The van der Waals surface area contributed by atoms with Crippen LogP contribution in [0.5, 0.6) is 0 Å². The first-order valence-corrected chi connectivity index (χ1v) is 5.67. The van der Waals surface area contributed by atoms with Crippen LogP contribution in [0.1, 0.15) is 16.7 Å². The van der Waals surface area contributed by atoms with Gasteiger partial charge in [0.2, 0.25) is 0 Å². The lowest BCUT2D eigenvalue weighted by atomic mass is 10.1. The molecule has 4 nitrogen and oxygen atoms in total. The Morgan fingerprint density at radius 3 is 2.21 bits per heavy atom. The standard InChI is InChI=1S/C9H14N2O2S/c1-6-4-5-9(8(3)7(6)2)14(12,13)11-10/h4-5,11H,10H2,1-3H3. The van der Waals surface area contributed by atoms with Crippen molar-refractivity contribution in [1.82, 2.24) is 4.83 Å². The molecule has 0 aliphatic carbocycles. The lowest BCUT2D eigenvalue weighted by Gasteiger charge is -2.10. The third-order valence-electron chi connectivity index (χ3n) is 2.45. The summed E-state index contributed by atoms with van der Waals surface area (Å²) in [4.78, 5) is 2.06. The van der Waals surface area contributed by atoms with E-state index in [4.69, 9.17) is 5.84 Å². The van der Waals surface area contributed by atoms with Crippen molar-refractivity contribution in [2.45, 2.75) is 25.7 Å². The maximum Gasteiger partial charge on any atom is 0.253 e. The van der Waals surface area contributed by atoms with Crippen LogP contribution in [0.15, 0.2) is 17.0 Å². The Bertz CT molecular complexity index is 452. The van der Waals surface area contributed by atoms with Crippen LogP contribution in [0.2, 0.25) is 0 Å². The molecule has 5 heteroatoms. The highest BCUT2D eigenvalue weighted by Crippen LogP contribution is 2.20. The first kappa shape index (κ1) is 11.2. The van der Waals surface area contributed by atoms with Gasteiger partial charge in [0, 0.05) is 0 Å². The Hall–Kier alpha value is -0.910. The van der Waals surface area contributed by atoms with E-state index >= 15 is 0 Å². The summed E-state index contributed by atoms with van der Waals surface area (Å²) in [7, 11) is -3.54. The smallest absolute Gasteiger partial charge is 0.253 e. The van der Waals surface area contributed by atoms with E-state index in [2.05, 4.69) is 0 Å². The minimum absolute atomic E-state index is 0.239. The fourth-order valence-electron chi connectivity index (χ4n) is 1.29. The number of aryl methyl sites for hydroxylation is 1. The third kappa shape index (κ3) is 1.79. The highest BCUT2D eigenvalue weighted by molar-refractivity contribution is 7.89. The zero-order valence-corrected chi connectivity index (χ0v) is 9.27. The molecule has 0 unspecified atom stereocenters. The summed E-state index contributed by atoms with van der Waals surface area (Å²) >= 11 is 0. The van der Waals surface area contributed by atoms with Crippen LogP contribution in [0.25, 0.3) is 0 Å². The van der Waals surface area contributed by atoms with Crippen molar-refractivity contribution < 1.29 is 8.42 Å². The summed E-state index contributed by atoms with van der Waals surface area (Å²) in [5, 5.41) is 0. The number of nitrogens with one attached hydrogen (secondary N) is 1. The van der Waals surface area contributed by atoms with Gasteiger partial charge >= 0.3 is 0 Å². The van der Waals surface area contributed by atoms with Gasteiger partial charge in [0.1, 0.15) is 0 Å². The van der Waals surface area contributed by atoms with Crippen molar-refractivity contribution >= 4 is 10.0 Å². The van der Waals surface area contributed by atoms with E-state index < -0.39 is 10.0 Å². The fraction of sp³-hybridized carbons (Fsp3) is 0.333. The van der Waals surface area contributed by atoms with E-state index in [1.54, 1.807) is 19.1 Å². The van der Waals surface area contributed by atoms with Crippen molar-refractivity contribution in [3.8, 4) is 0 Å². The Labute approximate surface area is 84.1 Å². The molecule has 1 aromatic rings. The number of hydrogen-bond donors (Lipinski definition) is 2. The van der Waals surface area contributed by atoms with E-state index in [9.17, 15) is 8.42 Å². The SMILES string of the molecule is Cc1ccc(S(=O)(=O)NN)c(C)c1C. The van der Waals surface area contributed by atoms with Crippen molar-refractivity contribution in [3.63, 3.8) is 0 Å². The van der Waals surface area contributed by atoms with E-state index in [0.29, 0.717) is 0 Å². The number of nitrogens with two attached hydrogens (primary N) is 1. The number of sulfonamides is 1. The second kappa shape index (κ2) is 3.68. The average molecular weight is 214 g/mol. The van der Waals surface area contributed by atoms with Crippen LogP contribution in [0.3, 0.4) is 0 Å². The van der Waals surface area contributed by atoms with Crippen molar-refractivity contribution in [2.75, 3.05) is 0 Å². The zero-order chi connectivity index (χ0) is 10.9. The topological polar surface area (TPSA) is 72.2 Å². The molecule has 1 rings (SSSR count). The van der Waals surface area contributed by atoms with Gasteiger partial charge in [-0.05, 0) is 43.5 Å². The Kier molecular flexibility index (Phi) is 2.94. The summed E-state index contributed by atoms with van der Waals surface area (Å²) < 4.78 is 22.9. The van der Waals surface area contributed by atoms with Gasteiger partial charge in [-0.25, -0.2) is 8.42 Å². The van der Waals surface area contributed by atoms with E-state index in [1.807, 2.05) is 18.7 Å². The number of hydrazine groups is 1. The summed E-state index contributed by atoms with van der Waals surface area (Å²) in [5.41, 5.74) is 2.78. The maximum absolute atomic E-state index is 11.4. The molecule has 0 saturated heterocycles. The van der Waals surface area contributed by atoms with Crippen molar-refractivity contribution in [1.29, 1.82) is 0 Å². The number of rotatable bonds is 2. The first-order valence-electron chi connectivity index (χ1n) is 4.19. The highest BCUT2D eigenvalue weighted by Gasteiger charge is 2.16. The van der Waals surface area contributed by atoms with Gasteiger partial charge in [-0.1, -0.05) is 6.07 Å². The molecule has 0 radical (unpaired) electrons. The first-order chi connectivity index (χ1) is 6.40. The molecule has 0 aromatic heterocycles. The number of benzene rings is 1. The predicted molar refractivity (Wildman–Crippen MR) is 55.2 cm³/mol. The molecule has 1 aromatic carbocycles. The van der Waals surface area contributed by atoms with Gasteiger partial charge in [-0.15, -0.1) is 0 Å². The molecule has 0 amide bonds. The summed E-state index contributed by atoms with van der Waals surface area (Å²) in [6.45, 7) is 5.60. The summed E-state index contributed by atoms with van der Waals surface area (Å²) in [5.74, 6) is 4.96. The minimum atomic E-state index is -3.54. The molecule has 78 valence electrons. The molecular formula is C9H14N2O2S. The lowest BCUT2D eigenvalue weighted by Crippen LogP contribution is -2.30. The molecule has 0 saturated carbocycles. The lowest BCUT2D eigenvalue weighted by molar-refractivity contribution is 0.583. The zero-order valence-electron chi connectivity index (χ0n) is 8.46. The summed E-state index contributed by atoms with van der Waals surface area (Å²) in [6, 6.07) is 3.33. The largest absolute Gasteiger partial charge is 0.257 e. The monoisotopic (exact) mass is 214 g/mol. The molecule has 3 N–H and O–H groups in total. The van der Waals surface area contributed by atoms with Gasteiger partial charge in [-0.3, -0.25) is 5.84 Å². The van der Waals surface area contributed by atoms with Gasteiger partial charge in [0.25, 0.3) is 10.0 Å². The Balaban J connectivity index is 3.47. The van der Waals surface area contributed by atoms with Gasteiger partial charge in [0.05, 0.1) is 4.90 Å². The van der Waals surface area contributed by atoms with E-state index in [-0.39, 0.29) is 4.90 Å². The van der Waals surface area contributed by atoms with Crippen molar-refractivity contribution in [2.24, 2.45) is 5.84 Å².